The first-order valence-corrected chi connectivity index (χ1v) is 35.8. The van der Waals surface area contributed by atoms with Gasteiger partial charge in [-0.25, -0.2) is 0 Å². The Hall–Kier alpha value is -11.2. The number of furan rings is 1. The Balaban J connectivity index is 0.000000116. The van der Waals surface area contributed by atoms with Crippen LogP contribution in [0.1, 0.15) is 38.8 Å². The molecular weight excluding hydrogens is 1290 g/mol. The van der Waals surface area contributed by atoms with Gasteiger partial charge >= 0.3 is 7.12 Å². The molecule has 2 heterocycles. The quantitative estimate of drug-likeness (QED) is 0.0978. The molecule has 1 aromatic heterocycles. The Morgan fingerprint density at radius 2 is 0.574 bits per heavy atom. The highest BCUT2D eigenvalue weighted by atomic mass is 79.9. The van der Waals surface area contributed by atoms with Crippen LogP contribution in [0, 0.1) is 13.8 Å². The van der Waals surface area contributed by atoms with Crippen LogP contribution in [0.2, 0.25) is 0 Å². The second-order valence-electron chi connectivity index (χ2n) is 28.1. The van der Waals surface area contributed by atoms with Crippen LogP contribution in [0.4, 0.5) is 0 Å². The summed E-state index contributed by atoms with van der Waals surface area (Å²) >= 11 is 3.79. The van der Waals surface area contributed by atoms with Gasteiger partial charge in [0.05, 0.1) is 11.2 Å². The topological polar surface area (TPSA) is 31.6 Å². The van der Waals surface area contributed by atoms with Gasteiger partial charge < -0.3 is 13.7 Å². The summed E-state index contributed by atoms with van der Waals surface area (Å²) < 4.78 is 20.5. The molecule has 1 saturated heterocycles. The highest BCUT2D eigenvalue weighted by Crippen LogP contribution is 2.48. The van der Waals surface area contributed by atoms with E-state index in [1.54, 1.807) is 0 Å². The van der Waals surface area contributed by atoms with Crippen LogP contribution < -0.4 is 5.46 Å². The first-order valence-electron chi connectivity index (χ1n) is 35.0. The van der Waals surface area contributed by atoms with E-state index in [2.05, 4.69) is 373 Å². The smallest absolute Gasteiger partial charge is 0.456 e. The second-order valence-corrected chi connectivity index (χ2v) is 28.9. The number of fused-ring (bicyclic) bond motifs is 19. The molecule has 0 amide bonds. The van der Waals surface area contributed by atoms with Crippen molar-refractivity contribution in [3.63, 3.8) is 0 Å². The third kappa shape index (κ3) is 10.4. The fourth-order valence-corrected chi connectivity index (χ4v) is 16.8. The van der Waals surface area contributed by atoms with Gasteiger partial charge in [0, 0.05) is 15.2 Å². The zero-order valence-corrected chi connectivity index (χ0v) is 58.8. The lowest BCUT2D eigenvalue weighted by molar-refractivity contribution is 0.00578. The van der Waals surface area contributed by atoms with E-state index in [4.69, 9.17) is 13.7 Å². The minimum atomic E-state index is -0.370. The van der Waals surface area contributed by atoms with Crippen LogP contribution in [0.15, 0.2) is 324 Å². The zero-order valence-electron chi connectivity index (χ0n) is 57.2. The number of benzene rings is 18. The molecule has 20 rings (SSSR count). The molecule has 0 N–H and O–H groups in total. The molecule has 19 aromatic rings. The molecule has 0 radical (unpaired) electrons. The first-order chi connectivity index (χ1) is 49.4. The maximum atomic E-state index is 6.56. The maximum Gasteiger partial charge on any atom is 0.494 e. The third-order valence-electron chi connectivity index (χ3n) is 21.7. The average Bonchev–Trinajstić information content (AvgIpc) is 1.72. The van der Waals surface area contributed by atoms with Crippen molar-refractivity contribution in [2.24, 2.45) is 0 Å². The molecule has 0 saturated carbocycles. The lowest BCUT2D eigenvalue weighted by Crippen LogP contribution is -2.41. The molecule has 18 aromatic carbocycles. The molecule has 0 spiro atoms. The van der Waals surface area contributed by atoms with Crippen molar-refractivity contribution < 1.29 is 13.7 Å². The van der Waals surface area contributed by atoms with Gasteiger partial charge in [-0.1, -0.05) is 285 Å². The Morgan fingerprint density at radius 1 is 0.248 bits per heavy atom. The minimum Gasteiger partial charge on any atom is -0.456 e. The summed E-state index contributed by atoms with van der Waals surface area (Å²) in [5, 5.41) is 27.8. The predicted octanol–water partition coefficient (Wildman–Crippen LogP) is 26.8. The van der Waals surface area contributed by atoms with Crippen LogP contribution in [0.5, 0.6) is 0 Å². The number of hydrogen-bond acceptors (Lipinski definition) is 3. The number of hydrogen-bond donors (Lipinski definition) is 0. The Morgan fingerprint density at radius 3 is 1.01 bits per heavy atom. The van der Waals surface area contributed by atoms with Gasteiger partial charge in [0.15, 0.2) is 0 Å². The highest BCUT2D eigenvalue weighted by Gasteiger charge is 2.51. The lowest BCUT2D eigenvalue weighted by Gasteiger charge is -2.32. The van der Waals surface area contributed by atoms with Crippen LogP contribution in [0.3, 0.4) is 0 Å². The fourth-order valence-electron chi connectivity index (χ4n) is 16.1. The van der Waals surface area contributed by atoms with E-state index in [-0.39, 0.29) is 18.3 Å². The Bertz CT molecular complexity index is 6440. The molecule has 0 bridgehead atoms. The van der Waals surface area contributed by atoms with Gasteiger partial charge in [0.1, 0.15) is 11.2 Å². The van der Waals surface area contributed by atoms with Crippen molar-refractivity contribution in [1.82, 2.24) is 0 Å². The molecule has 3 nitrogen and oxygen atoms in total. The molecule has 101 heavy (non-hydrogen) atoms. The fraction of sp³-hybridized carbons (Fsp3) is 0.0833. The second kappa shape index (κ2) is 24.6. The van der Waals surface area contributed by atoms with Gasteiger partial charge in [0.2, 0.25) is 0 Å². The van der Waals surface area contributed by atoms with Crippen LogP contribution in [-0.2, 0) is 9.31 Å². The minimum absolute atomic E-state index is 0.360. The molecule has 482 valence electrons. The molecule has 0 atom stereocenters. The first kappa shape index (κ1) is 62.1. The highest BCUT2D eigenvalue weighted by molar-refractivity contribution is 9.10. The molecule has 0 unspecified atom stereocenters. The summed E-state index contributed by atoms with van der Waals surface area (Å²) in [6.07, 6.45) is 0. The van der Waals surface area contributed by atoms with Crippen LogP contribution in [-0.4, -0.2) is 18.3 Å². The van der Waals surface area contributed by atoms with Crippen molar-refractivity contribution >= 4 is 158 Å². The third-order valence-corrected chi connectivity index (χ3v) is 22.6. The van der Waals surface area contributed by atoms with E-state index in [9.17, 15) is 0 Å². The number of aryl methyl sites for hydroxylation is 2. The average molecular weight is 1360 g/mol. The van der Waals surface area contributed by atoms with E-state index >= 15 is 0 Å². The van der Waals surface area contributed by atoms with Crippen molar-refractivity contribution in [2.45, 2.75) is 52.7 Å². The van der Waals surface area contributed by atoms with Crippen molar-refractivity contribution in [1.29, 1.82) is 0 Å². The molecule has 0 aliphatic carbocycles. The van der Waals surface area contributed by atoms with Gasteiger partial charge in [-0.05, 0) is 257 Å². The summed E-state index contributed by atoms with van der Waals surface area (Å²) in [5.41, 5.74) is 14.7. The predicted molar refractivity (Wildman–Crippen MR) is 436 cm³/mol. The summed E-state index contributed by atoms with van der Waals surface area (Å²) in [6, 6.07) is 114. The van der Waals surface area contributed by atoms with Gasteiger partial charge in [-0.3, -0.25) is 0 Å². The van der Waals surface area contributed by atoms with Gasteiger partial charge in [0.25, 0.3) is 0 Å². The summed E-state index contributed by atoms with van der Waals surface area (Å²) in [7, 11) is -0.370. The molecule has 5 heteroatoms. The molecule has 1 aliphatic heterocycles. The summed E-state index contributed by atoms with van der Waals surface area (Å²) in [4.78, 5) is 0. The Kier molecular flexibility index (Phi) is 15.1. The van der Waals surface area contributed by atoms with Crippen molar-refractivity contribution in [2.75, 3.05) is 0 Å². The molecule has 1 fully saturated rings. The zero-order chi connectivity index (χ0) is 68.3. The summed E-state index contributed by atoms with van der Waals surface area (Å²) in [5.74, 6) is 0. The number of halogens is 1. The van der Waals surface area contributed by atoms with Gasteiger partial charge in [-0.2, -0.15) is 0 Å². The van der Waals surface area contributed by atoms with E-state index in [1.807, 2.05) is 0 Å². The molecule has 1 aliphatic rings. The van der Waals surface area contributed by atoms with Crippen molar-refractivity contribution in [3.8, 4) is 44.5 Å². The van der Waals surface area contributed by atoms with Crippen molar-refractivity contribution in [3.05, 3.63) is 331 Å². The Labute approximate surface area is 596 Å². The summed E-state index contributed by atoms with van der Waals surface area (Å²) in [6.45, 7) is 12.8. The monoisotopic (exact) mass is 1360 g/mol. The lowest BCUT2D eigenvalue weighted by atomic mass is 9.76. The van der Waals surface area contributed by atoms with Crippen LogP contribution in [0.25, 0.3) is 174 Å². The van der Waals surface area contributed by atoms with E-state index in [0.717, 1.165) is 27.4 Å². The molecular formula is C96H70BBrO3. The van der Waals surface area contributed by atoms with E-state index in [1.165, 1.54) is 168 Å². The standard InChI is InChI=1S/C44H26O.C32H31BO2.C20H13Br/c1-2-12-27(13-3-1)43-33-18-8-10-20-35(33)44(36-21-11-9-19-34(36)43)28-22-23-41-39(24-28)40-25-37-31-16-6-4-14-29(31)30-15-5-7-17-32(30)38(37)26-42(40)45-41;1-20-15-16-22(33-34-31(3,4)32(5,6)35-33)18-27(20)28-19-30-26-14-10-8-12-24(26)23-11-7-9-13-25(23)29(30)17-21(28)2;21-20-17-12-6-4-10-15(17)19(14-8-2-1-3-9-14)16-11-5-7-13-18(16)20/h1-26H;7-19H,1-6H3;1-13H. The number of rotatable bonds is 5. The van der Waals surface area contributed by atoms with Crippen LogP contribution >= 0.6 is 15.9 Å². The maximum absolute atomic E-state index is 6.56. The van der Waals surface area contributed by atoms with E-state index in [0.29, 0.717) is 0 Å². The van der Waals surface area contributed by atoms with Gasteiger partial charge in [-0.15, -0.1) is 0 Å². The SMILES string of the molecule is Brc1c2ccccc2c(-c2ccccc2)c2ccccc12.Cc1ccc(B2OC(C)(C)C(C)(C)O2)cc1-c1cc2c3ccccc3c3ccccc3c2cc1C.c1ccc(-c2c3ccccc3c(-c3ccc4oc5cc6c7ccccc7c7ccccc7c6cc5c4c3)c3ccccc23)cc1. The van der Waals surface area contributed by atoms with E-state index < -0.39 is 0 Å². The normalized spacial score (nSPS) is 13.6. The largest absolute Gasteiger partial charge is 0.494 e.